The monoisotopic (exact) mass is 568 g/mol. The number of hydrogen-bond acceptors (Lipinski definition) is 5. The second kappa shape index (κ2) is 10.3. The third-order valence-corrected chi connectivity index (χ3v) is 9.21. The normalized spacial score (nSPS) is 19.1. The molecule has 1 aromatic carbocycles. The van der Waals surface area contributed by atoms with E-state index < -0.39 is 50.4 Å². The predicted molar refractivity (Wildman–Crippen MR) is 116 cm³/mol. The summed E-state index contributed by atoms with van der Waals surface area (Å²) in [5.41, 5.74) is -0.404. The Balaban J connectivity index is 1.61. The molecule has 0 N–H and O–H groups in total. The average molecular weight is 567 g/mol. The molecule has 0 saturated carbocycles. The van der Waals surface area contributed by atoms with Crippen molar-refractivity contribution in [3.8, 4) is 0 Å². The number of imidazole rings is 1. The molecule has 0 aliphatic carbocycles. The second-order valence-electron chi connectivity index (χ2n) is 7.85. The van der Waals surface area contributed by atoms with Gasteiger partial charge in [-0.3, -0.25) is 0 Å². The third kappa shape index (κ3) is 5.59. The number of amides is 1. The summed E-state index contributed by atoms with van der Waals surface area (Å²) in [6.07, 6.45) is -8.40. The molecule has 184 valence electrons. The Morgan fingerprint density at radius 3 is 2.65 bits per heavy atom. The van der Waals surface area contributed by atoms with Crippen LogP contribution in [-0.4, -0.2) is 60.2 Å². The standard InChI is InChI=1S/C21H21F5N4O2SSe/c1-32-11-15-28-30-14(16(18(22)23)27-20(30)33-15)10-29-9-12(7-8-21(24,25)26)17(19(29)31)34-13-5-3-2-4-6-13/h2-6,12,17-18H,7-11H2,1H3. The molecule has 0 radical (unpaired) electrons. The van der Waals surface area contributed by atoms with Gasteiger partial charge in [-0.15, -0.1) is 0 Å². The van der Waals surface area contributed by atoms with Gasteiger partial charge in [0.1, 0.15) is 0 Å². The Morgan fingerprint density at radius 1 is 1.26 bits per heavy atom. The molecule has 0 spiro atoms. The fraction of sp³-hybridized carbons (Fsp3) is 0.476. The second-order valence-corrected chi connectivity index (χ2v) is 11.4. The number of benzene rings is 1. The van der Waals surface area contributed by atoms with E-state index in [1.165, 1.54) is 16.5 Å². The average Bonchev–Trinajstić information content (AvgIpc) is 3.41. The Kier molecular flexibility index (Phi) is 7.56. The SMILES string of the molecule is COCc1nn2c(CN3CC(CCC(F)(F)F)C([Se]c4ccccc4)C3=O)c(C(F)F)nc2s1. The number of nitrogens with zero attached hydrogens (tertiary/aromatic N) is 4. The number of carbonyl (C=O) groups is 1. The van der Waals surface area contributed by atoms with Crippen LogP contribution in [0.2, 0.25) is 4.82 Å². The first-order valence-corrected chi connectivity index (χ1v) is 13.0. The maximum atomic E-state index is 13.7. The van der Waals surface area contributed by atoms with E-state index in [0.717, 1.165) is 15.8 Å². The van der Waals surface area contributed by atoms with Crippen molar-refractivity contribution in [1.29, 1.82) is 0 Å². The molecule has 1 saturated heterocycles. The van der Waals surface area contributed by atoms with Crippen LogP contribution < -0.4 is 4.46 Å². The fourth-order valence-corrected chi connectivity index (χ4v) is 7.47. The van der Waals surface area contributed by atoms with E-state index in [4.69, 9.17) is 4.74 Å². The number of carbonyl (C=O) groups excluding carboxylic acids is 1. The Hall–Kier alpha value is -2.08. The first kappa shape index (κ1) is 25.0. The minimum atomic E-state index is -4.33. The number of methoxy groups -OCH3 is 1. The van der Waals surface area contributed by atoms with Gasteiger partial charge in [0.25, 0.3) is 0 Å². The number of fused-ring (bicyclic) bond motifs is 1. The summed E-state index contributed by atoms with van der Waals surface area (Å²) in [4.78, 5) is 18.3. The van der Waals surface area contributed by atoms with Crippen LogP contribution in [0, 0.1) is 5.92 Å². The van der Waals surface area contributed by atoms with Crippen LogP contribution in [-0.2, 0) is 22.7 Å². The fourth-order valence-electron chi connectivity index (χ4n) is 3.91. The van der Waals surface area contributed by atoms with Crippen LogP contribution in [0.5, 0.6) is 0 Å². The van der Waals surface area contributed by atoms with Gasteiger partial charge in [-0.25, -0.2) is 0 Å². The summed E-state index contributed by atoms with van der Waals surface area (Å²) in [5.74, 6) is -0.842. The van der Waals surface area contributed by atoms with Crippen LogP contribution in [0.4, 0.5) is 22.0 Å². The van der Waals surface area contributed by atoms with E-state index >= 15 is 0 Å². The Bertz CT molecular complexity index is 1140. The molecule has 0 bridgehead atoms. The zero-order chi connectivity index (χ0) is 24.5. The summed E-state index contributed by atoms with van der Waals surface area (Å²) in [6.45, 7) is 0.0557. The van der Waals surface area contributed by atoms with Crippen molar-refractivity contribution in [2.24, 2.45) is 5.92 Å². The molecule has 2 atom stereocenters. The minimum absolute atomic E-state index is 0.0686. The molecule has 1 aliphatic heterocycles. The summed E-state index contributed by atoms with van der Waals surface area (Å²) in [6, 6.07) is 9.15. The molecule has 2 aromatic heterocycles. The van der Waals surface area contributed by atoms with E-state index in [1.54, 1.807) is 0 Å². The van der Waals surface area contributed by atoms with Gasteiger partial charge in [0.2, 0.25) is 0 Å². The van der Waals surface area contributed by atoms with Crippen LogP contribution in [0.15, 0.2) is 30.3 Å². The number of ether oxygens (including phenoxy) is 1. The number of alkyl halides is 5. The van der Waals surface area contributed by atoms with Crippen molar-refractivity contribution in [2.75, 3.05) is 13.7 Å². The first-order chi connectivity index (χ1) is 16.2. The summed E-state index contributed by atoms with van der Waals surface area (Å²) < 4.78 is 73.5. The van der Waals surface area contributed by atoms with E-state index in [-0.39, 0.29) is 42.7 Å². The van der Waals surface area contributed by atoms with Gasteiger partial charge in [0, 0.05) is 0 Å². The summed E-state index contributed by atoms with van der Waals surface area (Å²) >= 11 is 0.709. The van der Waals surface area contributed by atoms with Gasteiger partial charge in [0.05, 0.1) is 0 Å². The van der Waals surface area contributed by atoms with Crippen molar-refractivity contribution in [1.82, 2.24) is 19.5 Å². The molecule has 1 amide bonds. The van der Waals surface area contributed by atoms with Gasteiger partial charge < -0.3 is 0 Å². The molecule has 1 aliphatic rings. The maximum absolute atomic E-state index is 13.7. The molecule has 4 rings (SSSR count). The topological polar surface area (TPSA) is 59.7 Å². The van der Waals surface area contributed by atoms with E-state index in [1.807, 2.05) is 30.3 Å². The Labute approximate surface area is 202 Å². The predicted octanol–water partition coefficient (Wildman–Crippen LogP) is 3.99. The Morgan fingerprint density at radius 2 is 2.00 bits per heavy atom. The first-order valence-electron chi connectivity index (χ1n) is 10.4. The molecule has 34 heavy (non-hydrogen) atoms. The summed E-state index contributed by atoms with van der Waals surface area (Å²) in [5, 5.41) is 4.81. The molecule has 1 fully saturated rings. The van der Waals surface area contributed by atoms with Crippen molar-refractivity contribution in [3.63, 3.8) is 0 Å². The van der Waals surface area contributed by atoms with E-state index in [2.05, 4.69) is 10.1 Å². The van der Waals surface area contributed by atoms with Crippen molar-refractivity contribution in [3.05, 3.63) is 46.7 Å². The zero-order valence-electron chi connectivity index (χ0n) is 18.0. The molecular weight excluding hydrogens is 546 g/mol. The van der Waals surface area contributed by atoms with Crippen LogP contribution in [0.1, 0.15) is 35.7 Å². The van der Waals surface area contributed by atoms with Crippen LogP contribution in [0.25, 0.3) is 4.96 Å². The number of aromatic nitrogens is 3. The quantitative estimate of drug-likeness (QED) is 0.290. The zero-order valence-corrected chi connectivity index (χ0v) is 20.5. The molecule has 6 nitrogen and oxygen atoms in total. The number of rotatable bonds is 9. The van der Waals surface area contributed by atoms with Crippen LogP contribution >= 0.6 is 11.3 Å². The van der Waals surface area contributed by atoms with E-state index in [0.29, 0.717) is 5.01 Å². The number of likely N-dealkylation sites (tertiary alicyclic amines) is 1. The molecular formula is C21H21F5N4O2SSe. The van der Waals surface area contributed by atoms with Gasteiger partial charge in [-0.05, 0) is 0 Å². The molecule has 2 unspecified atom stereocenters. The van der Waals surface area contributed by atoms with Gasteiger partial charge >= 0.3 is 202 Å². The number of halogens is 5. The van der Waals surface area contributed by atoms with Crippen molar-refractivity contribution in [2.45, 2.75) is 43.4 Å². The third-order valence-electron chi connectivity index (χ3n) is 5.43. The van der Waals surface area contributed by atoms with Crippen LogP contribution in [0.3, 0.4) is 0 Å². The van der Waals surface area contributed by atoms with E-state index in [9.17, 15) is 26.7 Å². The number of hydrogen-bond donors (Lipinski definition) is 0. The molecule has 3 aromatic rings. The molecule has 13 heteroatoms. The van der Waals surface area contributed by atoms with Crippen molar-refractivity contribution >= 4 is 41.6 Å². The van der Waals surface area contributed by atoms with Gasteiger partial charge in [0.15, 0.2) is 0 Å². The van der Waals surface area contributed by atoms with Gasteiger partial charge in [-0.1, -0.05) is 0 Å². The van der Waals surface area contributed by atoms with Gasteiger partial charge in [-0.2, -0.15) is 0 Å². The summed E-state index contributed by atoms with van der Waals surface area (Å²) in [7, 11) is 1.48. The van der Waals surface area contributed by atoms with Crippen molar-refractivity contribution < 1.29 is 31.5 Å². The molecule has 3 heterocycles.